The molecular formula is C24H20N2O4. The van der Waals surface area contributed by atoms with Crippen molar-refractivity contribution in [3.63, 3.8) is 0 Å². The van der Waals surface area contributed by atoms with E-state index in [9.17, 15) is 10.1 Å². The molecule has 0 amide bonds. The summed E-state index contributed by atoms with van der Waals surface area (Å²) in [7, 11) is 3.13. The molecule has 0 bridgehead atoms. The van der Waals surface area contributed by atoms with Crippen molar-refractivity contribution in [3.05, 3.63) is 88.6 Å². The highest BCUT2D eigenvalue weighted by atomic mass is 16.6. The van der Waals surface area contributed by atoms with Gasteiger partial charge in [-0.1, -0.05) is 60.7 Å². The van der Waals surface area contributed by atoms with Gasteiger partial charge < -0.3 is 14.5 Å². The number of nitro groups is 1. The first-order valence-corrected chi connectivity index (χ1v) is 9.37. The lowest BCUT2D eigenvalue weighted by Crippen LogP contribution is -1.93. The van der Waals surface area contributed by atoms with E-state index in [1.807, 2.05) is 60.7 Å². The van der Waals surface area contributed by atoms with Crippen LogP contribution in [0.4, 0.5) is 0 Å². The zero-order valence-electron chi connectivity index (χ0n) is 16.6. The summed E-state index contributed by atoms with van der Waals surface area (Å²) in [5.74, 6) is 1.11. The molecule has 0 radical (unpaired) electrons. The second-order valence-electron chi connectivity index (χ2n) is 6.65. The molecule has 3 aromatic carbocycles. The van der Waals surface area contributed by atoms with Gasteiger partial charge in [-0.15, -0.1) is 0 Å². The van der Waals surface area contributed by atoms with E-state index in [-0.39, 0.29) is 0 Å². The molecule has 0 aliphatic rings. The molecule has 1 aromatic heterocycles. The first-order valence-electron chi connectivity index (χ1n) is 9.37. The summed E-state index contributed by atoms with van der Waals surface area (Å²) >= 11 is 0. The van der Waals surface area contributed by atoms with E-state index in [1.165, 1.54) is 13.2 Å². The van der Waals surface area contributed by atoms with E-state index < -0.39 is 4.92 Å². The molecule has 30 heavy (non-hydrogen) atoms. The molecule has 0 aliphatic carbocycles. The van der Waals surface area contributed by atoms with Crippen LogP contribution in [-0.2, 0) is 0 Å². The summed E-state index contributed by atoms with van der Waals surface area (Å²) in [6.45, 7) is 0. The number of methoxy groups -OCH3 is 2. The van der Waals surface area contributed by atoms with Gasteiger partial charge in [0.05, 0.1) is 35.7 Å². The molecule has 6 nitrogen and oxygen atoms in total. The molecule has 0 saturated heterocycles. The van der Waals surface area contributed by atoms with Crippen molar-refractivity contribution in [3.8, 4) is 33.9 Å². The van der Waals surface area contributed by atoms with Crippen molar-refractivity contribution in [1.82, 2.24) is 4.98 Å². The number of nitrogens with zero attached hydrogens (tertiary/aromatic N) is 1. The highest BCUT2D eigenvalue weighted by molar-refractivity contribution is 6.10. The van der Waals surface area contributed by atoms with E-state index in [4.69, 9.17) is 9.47 Å². The Bertz CT molecular complexity index is 1230. The van der Waals surface area contributed by atoms with Gasteiger partial charge in [-0.05, 0) is 11.1 Å². The summed E-state index contributed by atoms with van der Waals surface area (Å²) in [5, 5.41) is 11.8. The average molecular weight is 400 g/mol. The normalized spacial score (nSPS) is 11.1. The Morgan fingerprint density at radius 2 is 1.50 bits per heavy atom. The molecule has 0 saturated carbocycles. The molecule has 0 atom stereocenters. The predicted molar refractivity (Wildman–Crippen MR) is 118 cm³/mol. The Labute approximate surface area is 173 Å². The van der Waals surface area contributed by atoms with Crippen molar-refractivity contribution in [2.75, 3.05) is 14.2 Å². The first-order chi connectivity index (χ1) is 14.6. The van der Waals surface area contributed by atoms with Gasteiger partial charge in [-0.2, -0.15) is 0 Å². The van der Waals surface area contributed by atoms with Crippen LogP contribution in [0, 0.1) is 10.1 Å². The quantitative estimate of drug-likeness (QED) is 0.329. The van der Waals surface area contributed by atoms with Gasteiger partial charge in [0.25, 0.3) is 0 Å². The number of aromatic nitrogens is 1. The highest BCUT2D eigenvalue weighted by Crippen LogP contribution is 2.46. The zero-order valence-corrected chi connectivity index (χ0v) is 16.6. The van der Waals surface area contributed by atoms with Crippen LogP contribution in [-0.4, -0.2) is 24.1 Å². The third kappa shape index (κ3) is 3.39. The molecule has 1 heterocycles. The molecule has 0 spiro atoms. The molecule has 1 N–H and O–H groups in total. The molecule has 0 aliphatic heterocycles. The summed E-state index contributed by atoms with van der Waals surface area (Å²) in [5.41, 5.74) is 5.17. The minimum absolute atomic E-state index is 0.484. The third-order valence-electron chi connectivity index (χ3n) is 4.97. The number of hydrogen-bond acceptors (Lipinski definition) is 4. The number of benzene rings is 3. The zero-order chi connectivity index (χ0) is 21.1. The smallest absolute Gasteiger partial charge is 0.235 e. The van der Waals surface area contributed by atoms with Gasteiger partial charge >= 0.3 is 0 Å². The van der Waals surface area contributed by atoms with Gasteiger partial charge in [0.2, 0.25) is 6.20 Å². The van der Waals surface area contributed by atoms with Crippen molar-refractivity contribution in [2.24, 2.45) is 0 Å². The number of fused-ring (bicyclic) bond motifs is 1. The maximum Gasteiger partial charge on any atom is 0.235 e. The molecule has 6 heteroatoms. The van der Waals surface area contributed by atoms with Crippen molar-refractivity contribution in [2.45, 2.75) is 0 Å². The number of hydrogen-bond donors (Lipinski definition) is 1. The summed E-state index contributed by atoms with van der Waals surface area (Å²) < 4.78 is 11.2. The van der Waals surface area contributed by atoms with Crippen molar-refractivity contribution in [1.29, 1.82) is 0 Å². The van der Waals surface area contributed by atoms with E-state index in [2.05, 4.69) is 4.98 Å². The van der Waals surface area contributed by atoms with Crippen LogP contribution in [0.15, 0.2) is 72.9 Å². The standard InChI is InChI=1S/C24H20N2O4/c1-29-19-15-20(30-2)22-21(16-9-5-3-6-10-16)23(17-11-7-4-8-12-17)25-24(22)18(19)13-14-26(27)28/h3-15,25H,1-2H3/b14-13+. The van der Waals surface area contributed by atoms with Crippen molar-refractivity contribution >= 4 is 17.0 Å². The summed E-state index contributed by atoms with van der Waals surface area (Å²) in [4.78, 5) is 14.0. The predicted octanol–water partition coefficient (Wildman–Crippen LogP) is 5.77. The van der Waals surface area contributed by atoms with Crippen LogP contribution in [0.1, 0.15) is 5.56 Å². The second-order valence-corrected chi connectivity index (χ2v) is 6.65. The maximum absolute atomic E-state index is 11.0. The lowest BCUT2D eigenvalue weighted by atomic mass is 9.97. The van der Waals surface area contributed by atoms with Gasteiger partial charge in [0.1, 0.15) is 11.5 Å². The van der Waals surface area contributed by atoms with Gasteiger partial charge in [-0.3, -0.25) is 10.1 Å². The van der Waals surface area contributed by atoms with Crippen molar-refractivity contribution < 1.29 is 14.4 Å². The average Bonchev–Trinajstić information content (AvgIpc) is 3.18. The van der Waals surface area contributed by atoms with E-state index in [0.717, 1.165) is 34.0 Å². The van der Waals surface area contributed by atoms with Crippen LogP contribution in [0.2, 0.25) is 0 Å². The minimum Gasteiger partial charge on any atom is -0.496 e. The molecule has 4 rings (SSSR count). The minimum atomic E-state index is -0.491. The van der Waals surface area contributed by atoms with Crippen LogP contribution in [0.25, 0.3) is 39.4 Å². The lowest BCUT2D eigenvalue weighted by Gasteiger charge is -2.11. The number of aromatic amines is 1. The summed E-state index contributed by atoms with van der Waals surface area (Å²) in [6.07, 6.45) is 2.36. The first kappa shape index (κ1) is 19.3. The topological polar surface area (TPSA) is 77.4 Å². The Morgan fingerprint density at radius 1 is 0.900 bits per heavy atom. The molecule has 150 valence electrons. The number of H-pyrrole nitrogens is 1. The van der Waals surface area contributed by atoms with Gasteiger partial charge in [0, 0.05) is 23.3 Å². The fraction of sp³-hybridized carbons (Fsp3) is 0.0833. The highest BCUT2D eigenvalue weighted by Gasteiger charge is 2.23. The molecular weight excluding hydrogens is 380 g/mol. The van der Waals surface area contributed by atoms with Crippen LogP contribution >= 0.6 is 0 Å². The Balaban J connectivity index is 2.16. The molecule has 0 fully saturated rings. The number of ether oxygens (including phenoxy) is 2. The third-order valence-corrected chi connectivity index (χ3v) is 4.97. The van der Waals surface area contributed by atoms with Gasteiger partial charge in [-0.25, -0.2) is 0 Å². The van der Waals surface area contributed by atoms with Crippen LogP contribution in [0.5, 0.6) is 11.5 Å². The maximum atomic E-state index is 11.0. The molecule has 0 unspecified atom stereocenters. The largest absolute Gasteiger partial charge is 0.496 e. The number of rotatable bonds is 6. The van der Waals surface area contributed by atoms with Gasteiger partial charge in [0.15, 0.2) is 0 Å². The fourth-order valence-electron chi connectivity index (χ4n) is 3.69. The SMILES string of the molecule is COc1cc(OC)c2c(-c3ccccc3)c(-c3ccccc3)[nH]c2c1/C=C/[N+](=O)[O-]. The Kier molecular flexibility index (Phi) is 5.22. The lowest BCUT2D eigenvalue weighted by molar-refractivity contribution is -0.400. The van der Waals surface area contributed by atoms with E-state index in [0.29, 0.717) is 22.6 Å². The molecule has 4 aromatic rings. The Hall–Kier alpha value is -4.06. The second kappa shape index (κ2) is 8.13. The van der Waals surface area contributed by atoms with Crippen LogP contribution < -0.4 is 9.47 Å². The van der Waals surface area contributed by atoms with Crippen LogP contribution in [0.3, 0.4) is 0 Å². The van der Waals surface area contributed by atoms with E-state index >= 15 is 0 Å². The Morgan fingerprint density at radius 3 is 2.07 bits per heavy atom. The monoisotopic (exact) mass is 400 g/mol. The fourth-order valence-corrected chi connectivity index (χ4v) is 3.69. The number of nitrogens with one attached hydrogen (secondary N) is 1. The summed E-state index contributed by atoms with van der Waals surface area (Å²) in [6, 6.07) is 21.7. The van der Waals surface area contributed by atoms with E-state index in [1.54, 1.807) is 13.2 Å².